The average Bonchev–Trinajstić information content (AvgIpc) is 3.02. The SMILES string of the molecule is Cc1ncsc1CCN(C)c1ncc2c(ncn2C)n1. The van der Waals surface area contributed by atoms with E-state index in [0.29, 0.717) is 5.95 Å². The molecule has 0 fully saturated rings. The number of fused-ring (bicyclic) bond motifs is 1. The lowest BCUT2D eigenvalue weighted by Gasteiger charge is -2.16. The number of anilines is 1. The number of thiazole rings is 1. The summed E-state index contributed by atoms with van der Waals surface area (Å²) >= 11 is 1.70. The zero-order chi connectivity index (χ0) is 14.1. The molecule has 20 heavy (non-hydrogen) atoms. The van der Waals surface area contributed by atoms with Gasteiger partial charge in [-0.05, 0) is 6.92 Å². The van der Waals surface area contributed by atoms with Crippen molar-refractivity contribution in [3.05, 3.63) is 28.6 Å². The van der Waals surface area contributed by atoms with E-state index >= 15 is 0 Å². The lowest BCUT2D eigenvalue weighted by atomic mass is 10.3. The van der Waals surface area contributed by atoms with Crippen LogP contribution in [-0.2, 0) is 13.5 Å². The Morgan fingerprint density at radius 1 is 1.30 bits per heavy atom. The second-order valence-electron chi connectivity index (χ2n) is 4.77. The summed E-state index contributed by atoms with van der Waals surface area (Å²) in [5.41, 5.74) is 4.68. The van der Waals surface area contributed by atoms with E-state index in [9.17, 15) is 0 Å². The van der Waals surface area contributed by atoms with E-state index in [2.05, 4.69) is 19.9 Å². The minimum Gasteiger partial charge on any atom is -0.343 e. The second-order valence-corrected chi connectivity index (χ2v) is 5.71. The Balaban J connectivity index is 1.75. The van der Waals surface area contributed by atoms with Gasteiger partial charge in [0.2, 0.25) is 5.95 Å². The Hall–Kier alpha value is -2.02. The van der Waals surface area contributed by atoms with E-state index < -0.39 is 0 Å². The molecule has 3 heterocycles. The third kappa shape index (κ3) is 2.36. The van der Waals surface area contributed by atoms with Crippen molar-refractivity contribution in [1.82, 2.24) is 24.5 Å². The van der Waals surface area contributed by atoms with Gasteiger partial charge in [-0.1, -0.05) is 0 Å². The lowest BCUT2D eigenvalue weighted by Crippen LogP contribution is -2.22. The Kier molecular flexibility index (Phi) is 3.35. The van der Waals surface area contributed by atoms with Crippen LogP contribution in [0.2, 0.25) is 0 Å². The smallest absolute Gasteiger partial charge is 0.227 e. The van der Waals surface area contributed by atoms with E-state index in [-0.39, 0.29) is 0 Å². The normalized spacial score (nSPS) is 11.2. The summed E-state index contributed by atoms with van der Waals surface area (Å²) in [4.78, 5) is 20.8. The maximum atomic E-state index is 4.49. The number of nitrogens with zero attached hydrogens (tertiary/aromatic N) is 6. The molecule has 0 aliphatic rings. The largest absolute Gasteiger partial charge is 0.343 e. The third-order valence-corrected chi connectivity index (χ3v) is 4.33. The van der Waals surface area contributed by atoms with E-state index in [1.807, 2.05) is 42.2 Å². The lowest BCUT2D eigenvalue weighted by molar-refractivity contribution is 0.843. The van der Waals surface area contributed by atoms with Crippen LogP contribution in [-0.4, -0.2) is 38.1 Å². The number of likely N-dealkylation sites (N-methyl/N-ethyl adjacent to an activating group) is 1. The average molecular weight is 288 g/mol. The molecule has 7 heteroatoms. The van der Waals surface area contributed by atoms with Gasteiger partial charge in [-0.3, -0.25) is 0 Å². The maximum Gasteiger partial charge on any atom is 0.227 e. The van der Waals surface area contributed by atoms with Gasteiger partial charge in [0.05, 0.1) is 23.7 Å². The topological polar surface area (TPSA) is 59.7 Å². The first kappa shape index (κ1) is 13.0. The summed E-state index contributed by atoms with van der Waals surface area (Å²) in [6, 6.07) is 0. The predicted octanol–water partition coefficient (Wildman–Crippen LogP) is 1.81. The van der Waals surface area contributed by atoms with Crippen LogP contribution in [0, 0.1) is 6.92 Å². The van der Waals surface area contributed by atoms with Crippen molar-refractivity contribution in [3.63, 3.8) is 0 Å². The van der Waals surface area contributed by atoms with Crippen LogP contribution in [0.25, 0.3) is 11.2 Å². The van der Waals surface area contributed by atoms with Crippen LogP contribution in [0.1, 0.15) is 10.6 Å². The molecule has 0 atom stereocenters. The number of imidazole rings is 1. The van der Waals surface area contributed by atoms with Gasteiger partial charge in [0, 0.05) is 31.9 Å². The molecule has 0 unspecified atom stereocenters. The van der Waals surface area contributed by atoms with Crippen molar-refractivity contribution in [2.75, 3.05) is 18.5 Å². The molecule has 3 rings (SSSR count). The zero-order valence-electron chi connectivity index (χ0n) is 11.7. The van der Waals surface area contributed by atoms with Gasteiger partial charge in [-0.2, -0.15) is 4.98 Å². The first-order valence-electron chi connectivity index (χ1n) is 6.39. The van der Waals surface area contributed by atoms with E-state index in [0.717, 1.165) is 29.8 Å². The molecule has 0 spiro atoms. The van der Waals surface area contributed by atoms with Gasteiger partial charge >= 0.3 is 0 Å². The van der Waals surface area contributed by atoms with Crippen LogP contribution in [0.3, 0.4) is 0 Å². The van der Waals surface area contributed by atoms with E-state index in [4.69, 9.17) is 0 Å². The Morgan fingerprint density at radius 3 is 2.90 bits per heavy atom. The fourth-order valence-corrected chi connectivity index (χ4v) is 2.79. The summed E-state index contributed by atoms with van der Waals surface area (Å²) in [6.45, 7) is 2.91. The van der Waals surface area contributed by atoms with Gasteiger partial charge < -0.3 is 9.47 Å². The van der Waals surface area contributed by atoms with Crippen molar-refractivity contribution >= 4 is 28.4 Å². The minimum absolute atomic E-state index is 0.707. The molecule has 3 aromatic rings. The van der Waals surface area contributed by atoms with Crippen LogP contribution in [0.4, 0.5) is 5.95 Å². The van der Waals surface area contributed by atoms with Crippen molar-refractivity contribution in [1.29, 1.82) is 0 Å². The third-order valence-electron chi connectivity index (χ3n) is 3.33. The molecule has 0 amide bonds. The molecule has 0 saturated heterocycles. The van der Waals surface area contributed by atoms with Crippen LogP contribution < -0.4 is 4.90 Å². The fourth-order valence-electron chi connectivity index (χ4n) is 2.02. The molecule has 0 saturated carbocycles. The van der Waals surface area contributed by atoms with Crippen LogP contribution in [0.15, 0.2) is 18.0 Å². The molecule has 3 aromatic heterocycles. The monoisotopic (exact) mass is 288 g/mol. The van der Waals surface area contributed by atoms with Crippen LogP contribution in [0.5, 0.6) is 0 Å². The number of hydrogen-bond donors (Lipinski definition) is 0. The van der Waals surface area contributed by atoms with Crippen molar-refractivity contribution in [2.24, 2.45) is 7.05 Å². The van der Waals surface area contributed by atoms with Gasteiger partial charge in [-0.15, -0.1) is 11.3 Å². The molecule has 6 nitrogen and oxygen atoms in total. The highest BCUT2D eigenvalue weighted by molar-refractivity contribution is 7.09. The first-order chi connectivity index (χ1) is 9.65. The summed E-state index contributed by atoms with van der Waals surface area (Å²) in [6.07, 6.45) is 4.53. The fraction of sp³-hybridized carbons (Fsp3) is 0.385. The van der Waals surface area contributed by atoms with E-state index in [1.165, 1.54) is 4.88 Å². The quantitative estimate of drug-likeness (QED) is 0.732. The molecular formula is C13H16N6S. The second kappa shape index (κ2) is 5.16. The first-order valence-corrected chi connectivity index (χ1v) is 7.27. The molecule has 0 N–H and O–H groups in total. The van der Waals surface area contributed by atoms with Crippen LogP contribution >= 0.6 is 11.3 Å². The highest BCUT2D eigenvalue weighted by atomic mass is 32.1. The summed E-state index contributed by atoms with van der Waals surface area (Å²) in [7, 11) is 3.94. The zero-order valence-corrected chi connectivity index (χ0v) is 12.6. The number of hydrogen-bond acceptors (Lipinski definition) is 6. The number of aryl methyl sites for hydroxylation is 2. The molecular weight excluding hydrogens is 272 g/mol. The number of rotatable bonds is 4. The van der Waals surface area contributed by atoms with Crippen molar-refractivity contribution in [3.8, 4) is 0 Å². The number of aromatic nitrogens is 5. The van der Waals surface area contributed by atoms with Gasteiger partial charge in [-0.25, -0.2) is 15.0 Å². The Bertz CT molecular complexity index is 731. The van der Waals surface area contributed by atoms with E-state index in [1.54, 1.807) is 17.7 Å². The van der Waals surface area contributed by atoms with Gasteiger partial charge in [0.25, 0.3) is 0 Å². The van der Waals surface area contributed by atoms with Gasteiger partial charge in [0.1, 0.15) is 5.52 Å². The van der Waals surface area contributed by atoms with Crippen molar-refractivity contribution in [2.45, 2.75) is 13.3 Å². The maximum absolute atomic E-state index is 4.49. The molecule has 104 valence electrons. The standard InChI is InChI=1S/C13H16N6S/c1-9-11(20-8-16-9)4-5-18(2)13-14-6-10-12(17-13)15-7-19(10)3/h6-8H,4-5H2,1-3H3. The summed E-state index contributed by atoms with van der Waals surface area (Å²) in [5.74, 6) is 0.707. The molecule has 0 radical (unpaired) electrons. The Labute approximate surface area is 121 Å². The van der Waals surface area contributed by atoms with Crippen molar-refractivity contribution < 1.29 is 0 Å². The highest BCUT2D eigenvalue weighted by Crippen LogP contribution is 2.15. The van der Waals surface area contributed by atoms with Gasteiger partial charge in [0.15, 0.2) is 5.65 Å². The molecule has 0 aliphatic carbocycles. The molecule has 0 bridgehead atoms. The minimum atomic E-state index is 0.707. The summed E-state index contributed by atoms with van der Waals surface area (Å²) in [5, 5.41) is 0. The summed E-state index contributed by atoms with van der Waals surface area (Å²) < 4.78 is 1.92. The predicted molar refractivity (Wildman–Crippen MR) is 80.1 cm³/mol. The molecule has 0 aliphatic heterocycles. The highest BCUT2D eigenvalue weighted by Gasteiger charge is 2.09. The molecule has 0 aromatic carbocycles. The Morgan fingerprint density at radius 2 is 2.15 bits per heavy atom.